The highest BCUT2D eigenvalue weighted by atomic mass is 19.3. The van der Waals surface area contributed by atoms with Crippen LogP contribution >= 0.6 is 0 Å². The summed E-state index contributed by atoms with van der Waals surface area (Å²) in [7, 11) is 1.68. The maximum atomic E-state index is 12.9. The number of hydrogen-bond acceptors (Lipinski definition) is 2. The Balaban J connectivity index is 0.000000317. The number of methoxy groups -OCH3 is 1. The summed E-state index contributed by atoms with van der Waals surface area (Å²) in [6, 6.07) is 1.51. The maximum Gasteiger partial charge on any atom is 0.252 e. The SMILES string of the molecule is CCOC.O=Cc1cc2c([nH]1)CCC(F)(F)C2. The van der Waals surface area contributed by atoms with E-state index in [-0.39, 0.29) is 12.8 Å². The van der Waals surface area contributed by atoms with Gasteiger partial charge in [0.1, 0.15) is 0 Å². The standard InChI is InChI=1S/C9H9F2NO.C3H8O/c10-9(11)2-1-8-6(4-9)3-7(5-13)12-8;1-3-4-2/h3,5,12H,1-2,4H2;3H2,1-2H3. The Kier molecular flexibility index (Phi) is 4.81. The molecule has 1 aromatic rings. The first-order valence-electron chi connectivity index (χ1n) is 5.55. The van der Waals surface area contributed by atoms with Crippen molar-refractivity contribution >= 4 is 6.29 Å². The number of fused-ring (bicyclic) bond motifs is 1. The fraction of sp³-hybridized carbons (Fsp3) is 0.583. The van der Waals surface area contributed by atoms with Crippen LogP contribution in [-0.4, -0.2) is 30.9 Å². The highest BCUT2D eigenvalue weighted by molar-refractivity contribution is 5.73. The van der Waals surface area contributed by atoms with Gasteiger partial charge in [0.05, 0.1) is 5.69 Å². The van der Waals surface area contributed by atoms with Crippen LogP contribution in [-0.2, 0) is 17.6 Å². The summed E-state index contributed by atoms with van der Waals surface area (Å²) in [5, 5.41) is 0. The fourth-order valence-electron chi connectivity index (χ4n) is 1.68. The van der Waals surface area contributed by atoms with Gasteiger partial charge < -0.3 is 9.72 Å². The summed E-state index contributed by atoms with van der Waals surface area (Å²) < 4.78 is 30.3. The first-order valence-corrected chi connectivity index (χ1v) is 5.55. The molecule has 0 bridgehead atoms. The summed E-state index contributed by atoms with van der Waals surface area (Å²) in [6.07, 6.45) is 0.609. The molecule has 3 nitrogen and oxygen atoms in total. The largest absolute Gasteiger partial charge is 0.385 e. The highest BCUT2D eigenvalue weighted by Gasteiger charge is 2.34. The Bertz CT molecular complexity index is 373. The average Bonchev–Trinajstić information content (AvgIpc) is 2.70. The van der Waals surface area contributed by atoms with Crippen molar-refractivity contribution in [3.05, 3.63) is 23.0 Å². The number of aryl methyl sites for hydroxylation is 1. The molecule has 1 aromatic heterocycles. The third-order valence-electron chi connectivity index (χ3n) is 2.62. The van der Waals surface area contributed by atoms with Crippen molar-refractivity contribution in [3.8, 4) is 0 Å². The van der Waals surface area contributed by atoms with Gasteiger partial charge in [-0.1, -0.05) is 0 Å². The van der Waals surface area contributed by atoms with E-state index < -0.39 is 5.92 Å². The van der Waals surface area contributed by atoms with E-state index in [1.165, 1.54) is 6.07 Å². The van der Waals surface area contributed by atoms with Gasteiger partial charge in [-0.3, -0.25) is 4.79 Å². The Hall–Kier alpha value is -1.23. The summed E-state index contributed by atoms with van der Waals surface area (Å²) in [5.74, 6) is -2.60. The minimum atomic E-state index is -2.60. The minimum Gasteiger partial charge on any atom is -0.385 e. The summed E-state index contributed by atoms with van der Waals surface area (Å²) in [4.78, 5) is 13.2. The number of ether oxygens (including phenoxy) is 1. The second kappa shape index (κ2) is 5.91. The normalized spacial score (nSPS) is 16.7. The first kappa shape index (κ1) is 13.8. The van der Waals surface area contributed by atoms with E-state index in [1.54, 1.807) is 7.11 Å². The molecule has 0 spiro atoms. The van der Waals surface area contributed by atoms with Crippen molar-refractivity contribution in [2.75, 3.05) is 13.7 Å². The summed E-state index contributed by atoms with van der Waals surface area (Å²) >= 11 is 0. The lowest BCUT2D eigenvalue weighted by Gasteiger charge is -2.21. The first-order chi connectivity index (χ1) is 8.02. The molecule has 1 aliphatic carbocycles. The zero-order valence-corrected chi connectivity index (χ0v) is 10.1. The third kappa shape index (κ3) is 3.93. The molecule has 0 amide bonds. The predicted molar refractivity (Wildman–Crippen MR) is 60.7 cm³/mol. The number of aromatic nitrogens is 1. The van der Waals surface area contributed by atoms with Crippen LogP contribution in [0.15, 0.2) is 6.07 Å². The van der Waals surface area contributed by atoms with Crippen molar-refractivity contribution < 1.29 is 18.3 Å². The van der Waals surface area contributed by atoms with Gasteiger partial charge in [-0.2, -0.15) is 0 Å². The van der Waals surface area contributed by atoms with Gasteiger partial charge >= 0.3 is 0 Å². The molecule has 0 atom stereocenters. The number of H-pyrrole nitrogens is 1. The van der Waals surface area contributed by atoms with Crippen molar-refractivity contribution in [2.45, 2.75) is 32.1 Å². The van der Waals surface area contributed by atoms with Crippen molar-refractivity contribution in [3.63, 3.8) is 0 Å². The van der Waals surface area contributed by atoms with Gasteiger partial charge in [-0.05, 0) is 25.0 Å². The van der Waals surface area contributed by atoms with Gasteiger partial charge in [0.15, 0.2) is 6.29 Å². The van der Waals surface area contributed by atoms with E-state index in [0.717, 1.165) is 12.3 Å². The smallest absolute Gasteiger partial charge is 0.252 e. The molecule has 1 aliphatic rings. The van der Waals surface area contributed by atoms with Crippen LogP contribution in [0.3, 0.4) is 0 Å². The van der Waals surface area contributed by atoms with Crippen LogP contribution in [0, 0.1) is 0 Å². The Morgan fingerprint density at radius 2 is 2.24 bits per heavy atom. The number of carbonyl (C=O) groups is 1. The Morgan fingerprint density at radius 3 is 2.76 bits per heavy atom. The molecule has 0 radical (unpaired) electrons. The number of halogens is 2. The monoisotopic (exact) mass is 245 g/mol. The van der Waals surface area contributed by atoms with Gasteiger partial charge in [0, 0.05) is 32.3 Å². The van der Waals surface area contributed by atoms with Crippen LogP contribution in [0.1, 0.15) is 35.1 Å². The molecule has 0 saturated carbocycles. The topological polar surface area (TPSA) is 42.1 Å². The summed E-state index contributed by atoms with van der Waals surface area (Å²) in [6.45, 7) is 2.78. The van der Waals surface area contributed by atoms with E-state index in [2.05, 4.69) is 9.72 Å². The number of alkyl halides is 2. The minimum absolute atomic E-state index is 0.126. The maximum absolute atomic E-state index is 12.9. The van der Waals surface area contributed by atoms with E-state index in [9.17, 15) is 13.6 Å². The van der Waals surface area contributed by atoms with Crippen LogP contribution in [0.25, 0.3) is 0 Å². The highest BCUT2D eigenvalue weighted by Crippen LogP contribution is 2.32. The van der Waals surface area contributed by atoms with E-state index >= 15 is 0 Å². The number of aromatic amines is 1. The molecule has 0 unspecified atom stereocenters. The van der Waals surface area contributed by atoms with Gasteiger partial charge in [-0.25, -0.2) is 8.78 Å². The second-order valence-electron chi connectivity index (χ2n) is 3.96. The molecule has 1 N–H and O–H groups in total. The van der Waals surface area contributed by atoms with Crippen LogP contribution in [0.5, 0.6) is 0 Å². The molecule has 0 saturated heterocycles. The quantitative estimate of drug-likeness (QED) is 0.814. The Morgan fingerprint density at radius 1 is 1.59 bits per heavy atom. The zero-order valence-electron chi connectivity index (χ0n) is 10.1. The predicted octanol–water partition coefficient (Wildman–Crippen LogP) is 2.60. The fourth-order valence-corrected chi connectivity index (χ4v) is 1.68. The van der Waals surface area contributed by atoms with Crippen LogP contribution in [0.2, 0.25) is 0 Å². The lowest BCUT2D eigenvalue weighted by molar-refractivity contribution is -0.0124. The zero-order chi connectivity index (χ0) is 12.9. The van der Waals surface area contributed by atoms with Crippen LogP contribution < -0.4 is 0 Å². The van der Waals surface area contributed by atoms with Crippen LogP contribution in [0.4, 0.5) is 8.78 Å². The molecule has 17 heavy (non-hydrogen) atoms. The molecule has 0 fully saturated rings. The lowest BCUT2D eigenvalue weighted by atomic mass is 9.95. The molecule has 0 aliphatic heterocycles. The number of aldehydes is 1. The molecular formula is C12H17F2NO2. The van der Waals surface area contributed by atoms with Gasteiger partial charge in [0.25, 0.3) is 5.92 Å². The van der Waals surface area contributed by atoms with Crippen molar-refractivity contribution in [2.24, 2.45) is 0 Å². The number of carbonyl (C=O) groups excluding carboxylic acids is 1. The van der Waals surface area contributed by atoms with Crippen molar-refractivity contribution in [1.29, 1.82) is 0 Å². The number of rotatable bonds is 2. The molecule has 5 heteroatoms. The van der Waals surface area contributed by atoms with E-state index in [0.29, 0.717) is 24.0 Å². The molecule has 96 valence electrons. The van der Waals surface area contributed by atoms with Crippen molar-refractivity contribution in [1.82, 2.24) is 4.98 Å². The second-order valence-corrected chi connectivity index (χ2v) is 3.96. The van der Waals surface area contributed by atoms with Gasteiger partial charge in [-0.15, -0.1) is 0 Å². The third-order valence-corrected chi connectivity index (χ3v) is 2.62. The molecule has 1 heterocycles. The Labute approximate surface area is 99.2 Å². The molecular weight excluding hydrogens is 228 g/mol. The van der Waals surface area contributed by atoms with Gasteiger partial charge in [0.2, 0.25) is 0 Å². The lowest BCUT2D eigenvalue weighted by Crippen LogP contribution is -2.25. The molecule has 2 rings (SSSR count). The summed E-state index contributed by atoms with van der Waals surface area (Å²) in [5.41, 5.74) is 1.76. The van der Waals surface area contributed by atoms with E-state index in [1.807, 2.05) is 6.92 Å². The average molecular weight is 245 g/mol. The number of hydrogen-bond donors (Lipinski definition) is 1. The molecule has 0 aromatic carbocycles. The van der Waals surface area contributed by atoms with E-state index in [4.69, 9.17) is 0 Å². The number of nitrogens with one attached hydrogen (secondary N) is 1.